The number of Topliss-reactive ketones (excluding diaryl/α,β-unsaturated/α-hetero) is 1. The first-order valence-electron chi connectivity index (χ1n) is 6.76. The van der Waals surface area contributed by atoms with Crippen LogP contribution in [0, 0.1) is 5.41 Å². The molecule has 4 heteroatoms. The number of para-hydroxylation sites is 1. The van der Waals surface area contributed by atoms with Crippen molar-refractivity contribution in [2.24, 2.45) is 11.1 Å². The molecule has 0 saturated carbocycles. The van der Waals surface area contributed by atoms with Gasteiger partial charge >= 0.3 is 0 Å². The molecule has 112 valence electrons. The van der Waals surface area contributed by atoms with Gasteiger partial charge in [0.05, 0.1) is 12.2 Å². The van der Waals surface area contributed by atoms with Crippen molar-refractivity contribution in [1.29, 1.82) is 0 Å². The van der Waals surface area contributed by atoms with E-state index in [-0.39, 0.29) is 5.78 Å². The smallest absolute Gasteiger partial charge is 0.173 e. The van der Waals surface area contributed by atoms with Crippen molar-refractivity contribution in [3.63, 3.8) is 0 Å². The zero-order valence-corrected chi connectivity index (χ0v) is 13.0. The van der Waals surface area contributed by atoms with Crippen molar-refractivity contribution in [1.82, 2.24) is 0 Å². The van der Waals surface area contributed by atoms with Gasteiger partial charge in [0, 0.05) is 18.1 Å². The van der Waals surface area contributed by atoms with E-state index < -0.39 is 11.0 Å². The van der Waals surface area contributed by atoms with Crippen molar-refractivity contribution in [3.8, 4) is 5.75 Å². The average Bonchev–Trinajstić information content (AvgIpc) is 2.37. The van der Waals surface area contributed by atoms with Crippen molar-refractivity contribution >= 4 is 5.78 Å². The summed E-state index contributed by atoms with van der Waals surface area (Å²) in [4.78, 5) is 12.8. The van der Waals surface area contributed by atoms with Gasteiger partial charge in [0.2, 0.25) is 0 Å². The highest BCUT2D eigenvalue weighted by Gasteiger charge is 2.41. The van der Waals surface area contributed by atoms with Crippen LogP contribution in [0.4, 0.5) is 0 Å². The van der Waals surface area contributed by atoms with Crippen molar-refractivity contribution in [2.45, 2.75) is 33.2 Å². The molecule has 0 unspecified atom stereocenters. The Morgan fingerprint density at radius 3 is 2.30 bits per heavy atom. The molecule has 0 spiro atoms. The Balaban J connectivity index is 3.04. The first-order valence-corrected chi connectivity index (χ1v) is 6.76. The summed E-state index contributed by atoms with van der Waals surface area (Å²) in [5.74, 6) is 0.560. The Morgan fingerprint density at radius 1 is 1.15 bits per heavy atom. The largest absolute Gasteiger partial charge is 0.490 e. The molecule has 0 bridgehead atoms. The quantitative estimate of drug-likeness (QED) is 0.615. The average molecular weight is 279 g/mol. The van der Waals surface area contributed by atoms with Gasteiger partial charge in [-0.2, -0.15) is 0 Å². The second-order valence-electron chi connectivity index (χ2n) is 6.01. The van der Waals surface area contributed by atoms with E-state index in [0.717, 1.165) is 0 Å². The fourth-order valence-corrected chi connectivity index (χ4v) is 1.64. The Labute approximate surface area is 121 Å². The molecular weight excluding hydrogens is 254 g/mol. The van der Waals surface area contributed by atoms with Crippen LogP contribution >= 0.6 is 0 Å². The SMILES string of the molecule is COCCOc1ccccc1C(=O)C(C)(C)C(C)(C)N. The lowest BCUT2D eigenvalue weighted by Gasteiger charge is -2.37. The molecule has 0 aliphatic carbocycles. The molecule has 20 heavy (non-hydrogen) atoms. The molecule has 4 nitrogen and oxygen atoms in total. The summed E-state index contributed by atoms with van der Waals surface area (Å²) in [6.07, 6.45) is 0. The molecule has 1 rings (SSSR count). The molecular formula is C16H25NO3. The number of ketones is 1. The molecule has 0 saturated heterocycles. The zero-order valence-electron chi connectivity index (χ0n) is 13.0. The van der Waals surface area contributed by atoms with E-state index >= 15 is 0 Å². The fourth-order valence-electron chi connectivity index (χ4n) is 1.64. The summed E-state index contributed by atoms with van der Waals surface area (Å²) < 4.78 is 10.6. The Hall–Kier alpha value is -1.39. The summed E-state index contributed by atoms with van der Waals surface area (Å²) in [7, 11) is 1.61. The number of nitrogens with two attached hydrogens (primary N) is 1. The maximum absolute atomic E-state index is 12.8. The topological polar surface area (TPSA) is 61.5 Å². The van der Waals surface area contributed by atoms with Crippen LogP contribution in [0.1, 0.15) is 38.1 Å². The van der Waals surface area contributed by atoms with Crippen molar-refractivity contribution < 1.29 is 14.3 Å². The van der Waals surface area contributed by atoms with Crippen LogP contribution in [0.25, 0.3) is 0 Å². The van der Waals surface area contributed by atoms with Crippen LogP contribution in [-0.2, 0) is 4.74 Å². The third-order valence-corrected chi connectivity index (χ3v) is 3.86. The highest BCUT2D eigenvalue weighted by molar-refractivity contribution is 6.03. The van der Waals surface area contributed by atoms with E-state index in [4.69, 9.17) is 15.2 Å². The predicted octanol–water partition coefficient (Wildman–Crippen LogP) is 2.66. The van der Waals surface area contributed by atoms with Gasteiger partial charge in [-0.1, -0.05) is 26.0 Å². The van der Waals surface area contributed by atoms with Crippen molar-refractivity contribution in [2.75, 3.05) is 20.3 Å². The van der Waals surface area contributed by atoms with Gasteiger partial charge in [-0.3, -0.25) is 4.79 Å². The summed E-state index contributed by atoms with van der Waals surface area (Å²) in [6.45, 7) is 8.34. The van der Waals surface area contributed by atoms with Crippen LogP contribution in [0.2, 0.25) is 0 Å². The molecule has 0 aromatic heterocycles. The van der Waals surface area contributed by atoms with E-state index in [0.29, 0.717) is 24.5 Å². The minimum absolute atomic E-state index is 0.0157. The van der Waals surface area contributed by atoms with Gasteiger partial charge < -0.3 is 15.2 Å². The summed E-state index contributed by atoms with van der Waals surface area (Å²) >= 11 is 0. The number of carbonyl (C=O) groups excluding carboxylic acids is 1. The van der Waals surface area contributed by atoms with Gasteiger partial charge in [-0.15, -0.1) is 0 Å². The monoisotopic (exact) mass is 279 g/mol. The molecule has 2 N–H and O–H groups in total. The number of ether oxygens (including phenoxy) is 2. The van der Waals surface area contributed by atoms with E-state index in [1.165, 1.54) is 0 Å². The lowest BCUT2D eigenvalue weighted by molar-refractivity contribution is 0.0728. The first kappa shape index (κ1) is 16.7. The molecule has 1 aromatic carbocycles. The molecule has 0 amide bonds. The van der Waals surface area contributed by atoms with Crippen LogP contribution in [0.5, 0.6) is 5.75 Å². The third kappa shape index (κ3) is 3.58. The molecule has 0 radical (unpaired) electrons. The second kappa shape index (κ2) is 6.37. The Kier molecular flexibility index (Phi) is 5.31. The third-order valence-electron chi connectivity index (χ3n) is 3.86. The van der Waals surface area contributed by atoms with Gasteiger partial charge in [0.15, 0.2) is 5.78 Å². The highest BCUT2D eigenvalue weighted by atomic mass is 16.5. The summed E-state index contributed by atoms with van der Waals surface area (Å²) in [5, 5.41) is 0. The minimum Gasteiger partial charge on any atom is -0.490 e. The van der Waals surface area contributed by atoms with Gasteiger partial charge in [0.25, 0.3) is 0 Å². The molecule has 0 aliphatic rings. The number of carbonyl (C=O) groups is 1. The second-order valence-corrected chi connectivity index (χ2v) is 6.01. The van der Waals surface area contributed by atoms with Crippen molar-refractivity contribution in [3.05, 3.63) is 29.8 Å². The molecule has 0 heterocycles. The number of rotatable bonds is 7. The normalized spacial score (nSPS) is 12.3. The van der Waals surface area contributed by atoms with E-state index in [1.807, 2.05) is 39.8 Å². The predicted molar refractivity (Wildman–Crippen MR) is 80.2 cm³/mol. The molecule has 0 aliphatic heterocycles. The van der Waals surface area contributed by atoms with Crippen LogP contribution < -0.4 is 10.5 Å². The maximum Gasteiger partial charge on any atom is 0.173 e. The number of methoxy groups -OCH3 is 1. The van der Waals surface area contributed by atoms with Crippen LogP contribution in [-0.4, -0.2) is 31.6 Å². The van der Waals surface area contributed by atoms with E-state index in [2.05, 4.69) is 0 Å². The fraction of sp³-hybridized carbons (Fsp3) is 0.562. The molecule has 0 atom stereocenters. The number of hydrogen-bond acceptors (Lipinski definition) is 4. The standard InChI is InChI=1S/C16H25NO3/c1-15(2,16(3,4)17)14(18)12-8-6-7-9-13(12)20-11-10-19-5/h6-9H,10-11,17H2,1-5H3. The lowest BCUT2D eigenvalue weighted by Crippen LogP contribution is -2.51. The molecule has 0 fully saturated rings. The maximum atomic E-state index is 12.8. The van der Waals surface area contributed by atoms with E-state index in [1.54, 1.807) is 19.2 Å². The van der Waals surface area contributed by atoms with Crippen LogP contribution in [0.15, 0.2) is 24.3 Å². The van der Waals surface area contributed by atoms with Crippen LogP contribution in [0.3, 0.4) is 0 Å². The zero-order chi connectivity index (χ0) is 15.4. The first-order chi connectivity index (χ1) is 9.21. The van der Waals surface area contributed by atoms with Gasteiger partial charge in [-0.05, 0) is 26.0 Å². The Morgan fingerprint density at radius 2 is 1.75 bits per heavy atom. The highest BCUT2D eigenvalue weighted by Crippen LogP contribution is 2.35. The summed E-state index contributed by atoms with van der Waals surface area (Å²) in [6, 6.07) is 7.25. The summed E-state index contributed by atoms with van der Waals surface area (Å²) in [5.41, 5.74) is 5.40. The van der Waals surface area contributed by atoms with Gasteiger partial charge in [-0.25, -0.2) is 0 Å². The molecule has 1 aromatic rings. The number of benzene rings is 1. The Bertz CT molecular complexity index is 461. The van der Waals surface area contributed by atoms with Gasteiger partial charge in [0.1, 0.15) is 12.4 Å². The minimum atomic E-state index is -0.687. The number of hydrogen-bond donors (Lipinski definition) is 1. The lowest BCUT2D eigenvalue weighted by atomic mass is 9.70. The van der Waals surface area contributed by atoms with E-state index in [9.17, 15) is 4.79 Å².